The fourth-order valence-electron chi connectivity index (χ4n) is 8.90. The third-order valence-corrected chi connectivity index (χ3v) is 11.0. The highest BCUT2D eigenvalue weighted by atomic mass is 16.7. The van der Waals surface area contributed by atoms with E-state index in [1.54, 1.807) is 6.07 Å². The van der Waals surface area contributed by atoms with Crippen molar-refractivity contribution >= 4 is 16.8 Å². The number of phenolic OH excluding ortho intramolecular Hbond substituents is 1. The third kappa shape index (κ3) is 6.08. The van der Waals surface area contributed by atoms with Gasteiger partial charge in [0, 0.05) is 49.2 Å². The van der Waals surface area contributed by atoms with E-state index in [9.17, 15) is 25.2 Å². The predicted molar refractivity (Wildman–Crippen MR) is 168 cm³/mol. The van der Waals surface area contributed by atoms with E-state index in [2.05, 4.69) is 16.4 Å². The molecule has 4 bridgehead atoms. The topological polar surface area (TPSA) is 125 Å². The molecule has 1 saturated carbocycles. The normalized spacial score (nSPS) is 34.7. The number of nitrogens with zero attached hydrogens (tertiary/aromatic N) is 2. The van der Waals surface area contributed by atoms with Gasteiger partial charge in [-0.15, -0.1) is 0 Å². The summed E-state index contributed by atoms with van der Waals surface area (Å²) in [4.78, 5) is 16.7. The molecule has 0 radical (unpaired) electrons. The van der Waals surface area contributed by atoms with E-state index in [1.807, 2.05) is 19.1 Å². The molecule has 1 aliphatic carbocycles. The fourth-order valence-corrected chi connectivity index (χ4v) is 8.90. The molecule has 9 nitrogen and oxygen atoms in total. The fraction of sp³-hybridized carbons (Fsp3) is 0.743. The summed E-state index contributed by atoms with van der Waals surface area (Å²) in [5, 5.41) is 41.7. The summed E-state index contributed by atoms with van der Waals surface area (Å²) < 4.78 is 13.4. The number of aromatic nitrogens is 1. The van der Waals surface area contributed by atoms with Crippen LogP contribution in [0.25, 0.3) is 10.9 Å². The number of hydrogen-bond acceptors (Lipinski definition) is 8. The van der Waals surface area contributed by atoms with Crippen LogP contribution in [-0.2, 0) is 15.9 Å². The Labute approximate surface area is 261 Å². The quantitative estimate of drug-likeness (QED) is 0.254. The number of carbonyl (C=O) groups is 1. The Balaban J connectivity index is 1.02. The Morgan fingerprint density at radius 2 is 1.75 bits per heavy atom. The van der Waals surface area contributed by atoms with E-state index in [0.29, 0.717) is 43.2 Å². The minimum atomic E-state index is -1.27. The minimum absolute atomic E-state index is 0.182. The van der Waals surface area contributed by atoms with Crippen molar-refractivity contribution in [1.82, 2.24) is 9.47 Å². The summed E-state index contributed by atoms with van der Waals surface area (Å²) in [6.07, 6.45) is 6.23. The van der Waals surface area contributed by atoms with Gasteiger partial charge in [0.25, 0.3) is 0 Å². The lowest BCUT2D eigenvalue weighted by atomic mass is 9.65. The summed E-state index contributed by atoms with van der Waals surface area (Å²) >= 11 is 0. The van der Waals surface area contributed by atoms with Crippen molar-refractivity contribution in [2.24, 2.45) is 11.8 Å². The molecule has 9 heteroatoms. The van der Waals surface area contributed by atoms with Crippen molar-refractivity contribution in [1.29, 1.82) is 0 Å². The van der Waals surface area contributed by atoms with Crippen LogP contribution in [0.15, 0.2) is 18.2 Å². The summed E-state index contributed by atoms with van der Waals surface area (Å²) in [5.41, 5.74) is 3.48. The summed E-state index contributed by atoms with van der Waals surface area (Å²) in [7, 11) is 0. The number of ether oxygens (including phenoxy) is 2. The molecular weight excluding hydrogens is 560 g/mol. The third-order valence-electron chi connectivity index (χ3n) is 11.0. The monoisotopic (exact) mass is 612 g/mol. The van der Waals surface area contributed by atoms with Crippen LogP contribution >= 0.6 is 0 Å². The van der Waals surface area contributed by atoms with Crippen LogP contribution in [0.3, 0.4) is 0 Å². The predicted octanol–water partition coefficient (Wildman–Crippen LogP) is 4.71. The van der Waals surface area contributed by atoms with Crippen molar-refractivity contribution in [3.05, 3.63) is 29.5 Å². The zero-order chi connectivity index (χ0) is 31.0. The Kier molecular flexibility index (Phi) is 10.0. The molecule has 0 amide bonds. The van der Waals surface area contributed by atoms with Gasteiger partial charge in [-0.25, -0.2) is 0 Å². The first-order chi connectivity index (χ1) is 21.3. The van der Waals surface area contributed by atoms with Crippen LogP contribution in [0.2, 0.25) is 0 Å². The van der Waals surface area contributed by atoms with Crippen LogP contribution < -0.4 is 0 Å². The molecule has 7 rings (SSSR count). The Bertz CT molecular complexity index is 1290. The van der Waals surface area contributed by atoms with Crippen molar-refractivity contribution in [3.8, 4) is 5.75 Å². The van der Waals surface area contributed by atoms with E-state index in [0.717, 1.165) is 68.8 Å². The van der Waals surface area contributed by atoms with Crippen LogP contribution in [0.4, 0.5) is 0 Å². The molecule has 244 valence electrons. The molecule has 10 atom stereocenters. The lowest BCUT2D eigenvalue weighted by molar-refractivity contribution is -0.297. The zero-order valence-electron chi connectivity index (χ0n) is 26.4. The number of unbranched alkanes of at least 4 members (excludes halogenated alkanes) is 5. The number of rotatable bonds is 12. The van der Waals surface area contributed by atoms with Crippen molar-refractivity contribution in [3.63, 3.8) is 0 Å². The first kappa shape index (κ1) is 32.0. The van der Waals surface area contributed by atoms with Crippen LogP contribution in [-0.4, -0.2) is 92.2 Å². The number of hydrogen-bond donors (Lipinski definition) is 4. The lowest BCUT2D eigenvalue weighted by Crippen LogP contribution is -2.58. The molecule has 2 aromatic rings. The maximum Gasteiger partial charge on any atom is 0.231 e. The zero-order valence-corrected chi connectivity index (χ0v) is 26.4. The van der Waals surface area contributed by atoms with Crippen LogP contribution in [0, 0.1) is 11.8 Å². The van der Waals surface area contributed by atoms with Crippen molar-refractivity contribution in [2.45, 2.75) is 134 Å². The summed E-state index contributed by atoms with van der Waals surface area (Å²) in [6.45, 7) is 6.82. The number of aliphatic hydroxyl groups excluding tert-OH is 3. The summed E-state index contributed by atoms with van der Waals surface area (Å²) in [6, 6.07) is 6.05. The van der Waals surface area contributed by atoms with E-state index in [-0.39, 0.29) is 11.7 Å². The molecule has 4 fully saturated rings. The highest BCUT2D eigenvalue weighted by Gasteiger charge is 2.50. The molecule has 0 spiro atoms. The van der Waals surface area contributed by atoms with Gasteiger partial charge in [0.1, 0.15) is 24.1 Å². The molecule has 1 aromatic carbocycles. The molecule has 3 unspecified atom stereocenters. The van der Waals surface area contributed by atoms with Gasteiger partial charge in [-0.2, -0.15) is 0 Å². The number of carbonyl (C=O) groups excluding carboxylic acids is 1. The average Bonchev–Trinajstić information content (AvgIpc) is 3.29. The number of aliphatic hydroxyl groups is 3. The van der Waals surface area contributed by atoms with Gasteiger partial charge in [-0.1, -0.05) is 46.0 Å². The Hall–Kier alpha value is -2.01. The molecule has 1 aromatic heterocycles. The summed E-state index contributed by atoms with van der Waals surface area (Å²) in [5.74, 6) is 2.22. The Morgan fingerprint density at radius 1 is 0.977 bits per heavy atom. The molecule has 4 N–H and O–H groups in total. The number of aromatic hydroxyl groups is 1. The second kappa shape index (κ2) is 13.8. The van der Waals surface area contributed by atoms with Crippen molar-refractivity contribution in [2.75, 3.05) is 19.7 Å². The number of phenols is 1. The minimum Gasteiger partial charge on any atom is -0.508 e. The molecule has 5 heterocycles. The number of fused-ring (bicyclic) bond motifs is 4. The smallest absolute Gasteiger partial charge is 0.231 e. The number of benzene rings is 1. The standard InChI is InChI=1S/C35H52N2O7/c1-3-22-17-21-18-26-30(22)36(20-21)15-14-24-25-19-23(38)12-13-27(25)37(31(24)26)29(39)11-9-7-5-6-8-10-16-43-35-34(42)33(41)32(40)28(4-2)44-35/h12-13,19,21-22,26,28,30,32-35,38,40-42H,3-11,14-18,20H2,1-2H3/t21-,22-,26+,28+,30?,32+,33-,34+,35?/m0/s1. The molecular formula is C35H52N2O7. The van der Waals surface area contributed by atoms with Gasteiger partial charge in [0.05, 0.1) is 11.6 Å². The van der Waals surface area contributed by atoms with Gasteiger partial charge in [0.2, 0.25) is 5.91 Å². The molecule has 5 aliphatic rings. The molecule has 44 heavy (non-hydrogen) atoms. The maximum atomic E-state index is 14.0. The number of piperidine rings is 2. The maximum absolute atomic E-state index is 14.0. The highest BCUT2D eigenvalue weighted by Crippen LogP contribution is 2.52. The van der Waals surface area contributed by atoms with E-state index < -0.39 is 30.7 Å². The second-order valence-corrected chi connectivity index (χ2v) is 13.8. The van der Waals surface area contributed by atoms with Crippen LogP contribution in [0.1, 0.15) is 106 Å². The second-order valence-electron chi connectivity index (χ2n) is 13.8. The van der Waals surface area contributed by atoms with Crippen molar-refractivity contribution < 1.29 is 34.7 Å². The SMILES string of the molecule is CC[C@H]1C[C@H]2C[C@H]3c4c(c5cc(O)ccc5n4C(=O)CCCCCCCCOC4O[C@H](CC)[C@@H](O)[C@H](O)[C@H]4O)CCN(C2)C13. The first-order valence-electron chi connectivity index (χ1n) is 17.3. The Morgan fingerprint density at radius 3 is 2.52 bits per heavy atom. The average molecular weight is 613 g/mol. The van der Waals surface area contributed by atoms with E-state index in [4.69, 9.17) is 9.47 Å². The van der Waals surface area contributed by atoms with Crippen LogP contribution in [0.5, 0.6) is 5.75 Å². The van der Waals surface area contributed by atoms with E-state index in [1.165, 1.54) is 30.6 Å². The molecule has 4 aliphatic heterocycles. The van der Waals surface area contributed by atoms with Gasteiger partial charge < -0.3 is 29.9 Å². The molecule has 3 saturated heterocycles. The van der Waals surface area contributed by atoms with Gasteiger partial charge in [-0.3, -0.25) is 14.3 Å². The highest BCUT2D eigenvalue weighted by molar-refractivity contribution is 5.97. The van der Waals surface area contributed by atoms with Gasteiger partial charge in [0.15, 0.2) is 6.29 Å². The first-order valence-corrected chi connectivity index (χ1v) is 17.3. The largest absolute Gasteiger partial charge is 0.508 e. The lowest BCUT2D eigenvalue weighted by Gasteiger charge is -2.53. The van der Waals surface area contributed by atoms with E-state index >= 15 is 0 Å². The van der Waals surface area contributed by atoms with Gasteiger partial charge in [-0.05, 0) is 74.1 Å². The van der Waals surface area contributed by atoms with Gasteiger partial charge >= 0.3 is 0 Å².